The van der Waals surface area contributed by atoms with Gasteiger partial charge in [-0.1, -0.05) is 24.3 Å². The molecule has 1 N–H and O–H groups in total. The van der Waals surface area contributed by atoms with Crippen LogP contribution in [0.25, 0.3) is 17.1 Å². The first-order chi connectivity index (χ1) is 11.6. The van der Waals surface area contributed by atoms with Gasteiger partial charge in [-0.05, 0) is 65.7 Å². The molecule has 0 unspecified atom stereocenters. The van der Waals surface area contributed by atoms with Crippen molar-refractivity contribution in [1.82, 2.24) is 9.38 Å². The number of halogens is 1. The van der Waals surface area contributed by atoms with Crippen LogP contribution in [0.2, 0.25) is 0 Å². The lowest BCUT2D eigenvalue weighted by Crippen LogP contribution is -2.00. The molecule has 0 spiro atoms. The lowest BCUT2D eigenvalue weighted by atomic mass is 10.2. The predicted octanol–water partition coefficient (Wildman–Crippen LogP) is 5.72. The van der Waals surface area contributed by atoms with Crippen LogP contribution in [0.1, 0.15) is 11.3 Å². The molecule has 24 heavy (non-hydrogen) atoms. The van der Waals surface area contributed by atoms with Crippen molar-refractivity contribution < 1.29 is 4.42 Å². The molecule has 0 saturated heterocycles. The number of para-hydroxylation sites is 1. The van der Waals surface area contributed by atoms with Gasteiger partial charge in [-0.15, -0.1) is 0 Å². The molecule has 0 atom stereocenters. The average molecular weight is 382 g/mol. The summed E-state index contributed by atoms with van der Waals surface area (Å²) in [7, 11) is 0. The Labute approximate surface area is 148 Å². The third-order valence-electron chi connectivity index (χ3n) is 4.04. The van der Waals surface area contributed by atoms with E-state index in [-0.39, 0.29) is 0 Å². The van der Waals surface area contributed by atoms with E-state index in [4.69, 9.17) is 9.40 Å². The first-order valence-electron chi connectivity index (χ1n) is 7.70. The van der Waals surface area contributed by atoms with Crippen LogP contribution in [0.15, 0.2) is 63.7 Å². The first-order valence-corrected chi connectivity index (χ1v) is 8.49. The van der Waals surface area contributed by atoms with Gasteiger partial charge in [0.05, 0.1) is 0 Å². The predicted molar refractivity (Wildman–Crippen MR) is 99.8 cm³/mol. The van der Waals surface area contributed by atoms with Crippen LogP contribution in [-0.2, 0) is 0 Å². The highest BCUT2D eigenvalue weighted by Crippen LogP contribution is 2.34. The number of aromatic nitrogens is 2. The maximum Gasteiger partial charge on any atom is 0.169 e. The zero-order chi connectivity index (χ0) is 16.7. The maximum absolute atomic E-state index is 5.75. The second kappa shape index (κ2) is 5.83. The van der Waals surface area contributed by atoms with Crippen molar-refractivity contribution in [1.29, 1.82) is 0 Å². The Balaban J connectivity index is 1.96. The van der Waals surface area contributed by atoms with Gasteiger partial charge in [-0.2, -0.15) is 0 Å². The quantitative estimate of drug-likeness (QED) is 0.493. The van der Waals surface area contributed by atoms with E-state index in [0.29, 0.717) is 4.67 Å². The number of pyridine rings is 1. The molecule has 0 fully saturated rings. The number of fused-ring (bicyclic) bond motifs is 1. The molecule has 0 bridgehead atoms. The highest BCUT2D eigenvalue weighted by molar-refractivity contribution is 9.10. The number of nitrogens with one attached hydrogen (secondary N) is 1. The van der Waals surface area contributed by atoms with Gasteiger partial charge in [0.25, 0.3) is 0 Å². The van der Waals surface area contributed by atoms with E-state index < -0.39 is 0 Å². The second-order valence-corrected chi connectivity index (χ2v) is 6.50. The monoisotopic (exact) mass is 381 g/mol. The highest BCUT2D eigenvalue weighted by Gasteiger charge is 2.18. The van der Waals surface area contributed by atoms with E-state index in [9.17, 15) is 0 Å². The van der Waals surface area contributed by atoms with Crippen LogP contribution in [0.4, 0.5) is 11.5 Å². The van der Waals surface area contributed by atoms with Crippen LogP contribution in [0.3, 0.4) is 0 Å². The van der Waals surface area contributed by atoms with E-state index in [1.165, 1.54) is 5.56 Å². The maximum atomic E-state index is 5.75. The van der Waals surface area contributed by atoms with Gasteiger partial charge < -0.3 is 9.73 Å². The summed E-state index contributed by atoms with van der Waals surface area (Å²) in [5.41, 5.74) is 5.00. The Morgan fingerprint density at radius 1 is 1.00 bits per heavy atom. The van der Waals surface area contributed by atoms with Crippen molar-refractivity contribution in [2.45, 2.75) is 13.8 Å². The number of anilines is 2. The summed E-state index contributed by atoms with van der Waals surface area (Å²) in [5, 5.41) is 3.54. The molecule has 0 aliphatic rings. The molecule has 0 radical (unpaired) electrons. The summed E-state index contributed by atoms with van der Waals surface area (Å²) in [4.78, 5) is 4.77. The Morgan fingerprint density at radius 3 is 2.58 bits per heavy atom. The van der Waals surface area contributed by atoms with Crippen molar-refractivity contribution in [3.8, 4) is 11.5 Å². The van der Waals surface area contributed by atoms with Crippen molar-refractivity contribution in [3.05, 3.63) is 70.5 Å². The third kappa shape index (κ3) is 2.51. The number of hydrogen-bond donors (Lipinski definition) is 1. The summed E-state index contributed by atoms with van der Waals surface area (Å²) in [6.45, 7) is 4.15. The summed E-state index contributed by atoms with van der Waals surface area (Å²) in [6, 6.07) is 18.1. The summed E-state index contributed by atoms with van der Waals surface area (Å²) in [6.07, 6.45) is 0. The van der Waals surface area contributed by atoms with Gasteiger partial charge in [0.1, 0.15) is 17.2 Å². The minimum atomic E-state index is 0.688. The Hall–Kier alpha value is -2.53. The minimum absolute atomic E-state index is 0.688. The zero-order valence-electron chi connectivity index (χ0n) is 13.4. The Bertz CT molecular complexity index is 1030. The molecule has 4 rings (SSSR count). The van der Waals surface area contributed by atoms with E-state index in [1.807, 2.05) is 36.4 Å². The van der Waals surface area contributed by atoms with Crippen LogP contribution in [-0.4, -0.2) is 9.38 Å². The van der Waals surface area contributed by atoms with Crippen LogP contribution in [0.5, 0.6) is 0 Å². The molecule has 0 aliphatic heterocycles. The van der Waals surface area contributed by atoms with Gasteiger partial charge >= 0.3 is 0 Å². The Morgan fingerprint density at radius 2 is 1.83 bits per heavy atom. The summed E-state index contributed by atoms with van der Waals surface area (Å²) >= 11 is 3.37. The molecule has 3 aromatic heterocycles. The minimum Gasteiger partial charge on any atom is -0.448 e. The van der Waals surface area contributed by atoms with Crippen LogP contribution < -0.4 is 5.32 Å². The molecule has 3 heterocycles. The van der Waals surface area contributed by atoms with Gasteiger partial charge in [-0.25, -0.2) is 4.98 Å². The largest absolute Gasteiger partial charge is 0.448 e. The molecule has 120 valence electrons. The number of benzene rings is 1. The highest BCUT2D eigenvalue weighted by atomic mass is 79.9. The van der Waals surface area contributed by atoms with E-state index in [2.05, 4.69) is 57.7 Å². The molecule has 1 aromatic carbocycles. The van der Waals surface area contributed by atoms with E-state index in [0.717, 1.165) is 34.3 Å². The van der Waals surface area contributed by atoms with Crippen molar-refractivity contribution >= 4 is 33.1 Å². The summed E-state index contributed by atoms with van der Waals surface area (Å²) < 4.78 is 8.55. The summed E-state index contributed by atoms with van der Waals surface area (Å²) in [5.74, 6) is 1.63. The van der Waals surface area contributed by atoms with E-state index in [1.54, 1.807) is 0 Å². The molecule has 0 amide bonds. The zero-order valence-corrected chi connectivity index (χ0v) is 15.0. The number of rotatable bonds is 3. The number of nitrogens with zero attached hydrogens (tertiary/aromatic N) is 2. The van der Waals surface area contributed by atoms with Gasteiger partial charge in [0.15, 0.2) is 10.4 Å². The molecule has 4 nitrogen and oxygen atoms in total. The lowest BCUT2D eigenvalue weighted by Gasteiger charge is -2.11. The fourth-order valence-corrected chi connectivity index (χ4v) is 3.13. The number of aryl methyl sites for hydroxylation is 2. The normalized spacial score (nSPS) is 11.1. The number of hydrogen-bond acceptors (Lipinski definition) is 3. The fraction of sp³-hybridized carbons (Fsp3) is 0.105. The molecule has 5 heteroatoms. The molecule has 0 saturated carbocycles. The Kier molecular flexibility index (Phi) is 3.65. The van der Waals surface area contributed by atoms with Crippen LogP contribution in [0, 0.1) is 13.8 Å². The van der Waals surface area contributed by atoms with Crippen molar-refractivity contribution in [3.63, 3.8) is 0 Å². The smallest absolute Gasteiger partial charge is 0.169 e. The van der Waals surface area contributed by atoms with Gasteiger partial charge in [-0.3, -0.25) is 4.40 Å². The second-order valence-electron chi connectivity index (χ2n) is 5.71. The van der Waals surface area contributed by atoms with Crippen LogP contribution >= 0.6 is 15.9 Å². The lowest BCUT2D eigenvalue weighted by molar-refractivity contribution is 0.554. The first kappa shape index (κ1) is 15.0. The van der Waals surface area contributed by atoms with Crippen molar-refractivity contribution in [2.75, 3.05) is 5.32 Å². The van der Waals surface area contributed by atoms with Gasteiger partial charge in [0.2, 0.25) is 0 Å². The molecule has 4 aromatic rings. The number of furan rings is 1. The van der Waals surface area contributed by atoms with E-state index >= 15 is 0 Å². The standard InChI is InChI=1S/C19H16BrN3O/c1-12-6-3-4-8-14(12)21-19-18(15-10-11-16(20)24-15)22-17-9-5-7-13(2)23(17)19/h3-11,21H,1-2H3. The average Bonchev–Trinajstić information content (AvgIpc) is 3.14. The van der Waals surface area contributed by atoms with Crippen molar-refractivity contribution in [2.24, 2.45) is 0 Å². The number of imidazole rings is 1. The molecule has 0 aliphatic carbocycles. The SMILES string of the molecule is Cc1ccccc1Nc1c(-c2ccc(Br)o2)nc2cccc(C)n12. The van der Waals surface area contributed by atoms with Gasteiger partial charge in [0, 0.05) is 11.4 Å². The molecular formula is C19H16BrN3O. The third-order valence-corrected chi connectivity index (χ3v) is 4.47. The topological polar surface area (TPSA) is 42.5 Å². The molecular weight excluding hydrogens is 366 g/mol. The fourth-order valence-electron chi connectivity index (χ4n) is 2.82.